The van der Waals surface area contributed by atoms with Gasteiger partial charge in [0.2, 0.25) is 0 Å². The molecule has 0 saturated carbocycles. The Kier molecular flexibility index (Phi) is 42.2. The second-order valence-electron chi connectivity index (χ2n) is 0.500. The van der Waals surface area contributed by atoms with Gasteiger partial charge in [0.05, 0.1) is 0 Å². The van der Waals surface area contributed by atoms with Gasteiger partial charge in [0.15, 0.2) is 0 Å². The molecule has 2 N–H and O–H groups in total. The van der Waals surface area contributed by atoms with Crippen LogP contribution in [0.1, 0.15) is 0 Å². The Hall–Kier alpha value is 1.38. The second kappa shape index (κ2) is 16.2. The first-order valence-electron chi connectivity index (χ1n) is 1.21. The maximum Gasteiger partial charge on any atom is -0.107 e. The molecule has 0 heterocycles. The number of hydrogen-bond donors (Lipinski definition) is 0. The standard InChI is InChI=1S/C2H6N2.2HI/c3-1-2-4;;/h3-4H,1-2H2;2*1H/q-2;;. The monoisotopic (exact) mass is 314 g/mol. The van der Waals surface area contributed by atoms with Crippen LogP contribution in [0.2, 0.25) is 0 Å². The average Bonchev–Trinajstić information content (AvgIpc) is 1.37. The number of hydrogen-bond acceptors (Lipinski definition) is 0. The van der Waals surface area contributed by atoms with Crippen LogP contribution in [-0.4, -0.2) is 13.1 Å². The van der Waals surface area contributed by atoms with Crippen molar-refractivity contribution in [1.82, 2.24) is 0 Å². The molecule has 0 spiro atoms. The first kappa shape index (κ1) is 15.7. The predicted octanol–water partition coefficient (Wildman–Crippen LogP) is 2.33. The molecule has 2 nitrogen and oxygen atoms in total. The van der Waals surface area contributed by atoms with Gasteiger partial charge in [-0.2, -0.15) is 13.1 Å². The lowest BCUT2D eigenvalue weighted by atomic mass is 10.7. The molecule has 0 amide bonds. The van der Waals surface area contributed by atoms with Crippen molar-refractivity contribution >= 4 is 48.0 Å². The molecule has 0 radical (unpaired) electrons. The highest BCUT2D eigenvalue weighted by molar-refractivity contribution is 14.0. The van der Waals surface area contributed by atoms with Crippen molar-refractivity contribution in [2.24, 2.45) is 0 Å². The largest absolute Gasteiger partial charge is 0.679 e. The molecule has 0 aliphatic rings. The molecule has 0 fully saturated rings. The van der Waals surface area contributed by atoms with E-state index in [0.717, 1.165) is 0 Å². The third-order valence-corrected chi connectivity index (χ3v) is 0.125. The summed E-state index contributed by atoms with van der Waals surface area (Å²) in [5, 5.41) is 0. The van der Waals surface area contributed by atoms with E-state index in [2.05, 4.69) is 0 Å². The number of nitrogens with one attached hydrogen (secondary N) is 2. The molecule has 0 atom stereocenters. The molecular weight excluding hydrogens is 306 g/mol. The SMILES string of the molecule is I.I.[NH-]CC[NH-]. The third kappa shape index (κ3) is 18.2. The molecule has 0 aromatic heterocycles. The van der Waals surface area contributed by atoms with Crippen LogP contribution in [0.5, 0.6) is 0 Å². The molecule has 0 unspecified atom stereocenters. The summed E-state index contributed by atoms with van der Waals surface area (Å²) in [7, 11) is 0. The first-order valence-corrected chi connectivity index (χ1v) is 1.21. The highest BCUT2D eigenvalue weighted by Crippen LogP contribution is 1.58. The molecular formula is C2H8I2N2-2. The van der Waals surface area contributed by atoms with Crippen LogP contribution >= 0.6 is 48.0 Å². The highest BCUT2D eigenvalue weighted by Gasteiger charge is 1.33. The van der Waals surface area contributed by atoms with Crippen LogP contribution in [0, 0.1) is 0 Å². The van der Waals surface area contributed by atoms with Crippen LogP contribution in [0.15, 0.2) is 0 Å². The van der Waals surface area contributed by atoms with Gasteiger partial charge in [-0.1, -0.05) is 0 Å². The molecule has 4 heteroatoms. The summed E-state index contributed by atoms with van der Waals surface area (Å²) in [6, 6.07) is 0. The van der Waals surface area contributed by atoms with Crippen LogP contribution < -0.4 is 0 Å². The Balaban J connectivity index is -0.0000000450. The summed E-state index contributed by atoms with van der Waals surface area (Å²) in [6.45, 7) is 0.472. The Morgan fingerprint density at radius 3 is 1.00 bits per heavy atom. The Morgan fingerprint density at radius 2 is 1.00 bits per heavy atom. The van der Waals surface area contributed by atoms with Gasteiger partial charge in [0, 0.05) is 0 Å². The van der Waals surface area contributed by atoms with Gasteiger partial charge in [0.1, 0.15) is 0 Å². The molecule has 0 saturated heterocycles. The molecule has 0 aromatic rings. The maximum absolute atomic E-state index is 6.26. The first-order chi connectivity index (χ1) is 1.91. The minimum Gasteiger partial charge on any atom is -0.679 e. The fourth-order valence-electron chi connectivity index (χ4n) is 0. The van der Waals surface area contributed by atoms with Gasteiger partial charge < -0.3 is 11.5 Å². The van der Waals surface area contributed by atoms with E-state index >= 15 is 0 Å². The maximum atomic E-state index is 6.26. The quantitative estimate of drug-likeness (QED) is 0.667. The van der Waals surface area contributed by atoms with Gasteiger partial charge in [0.25, 0.3) is 0 Å². The summed E-state index contributed by atoms with van der Waals surface area (Å²) in [6.07, 6.45) is 0. The average molecular weight is 314 g/mol. The normalized spacial score (nSPS) is 5.00. The van der Waals surface area contributed by atoms with E-state index in [1.54, 1.807) is 0 Å². The van der Waals surface area contributed by atoms with Gasteiger partial charge in [-0.3, -0.25) is 0 Å². The lowest BCUT2D eigenvalue weighted by molar-refractivity contribution is 1.27. The smallest absolute Gasteiger partial charge is 0.107 e. The third-order valence-electron chi connectivity index (χ3n) is 0.125. The molecule has 6 heavy (non-hydrogen) atoms. The van der Waals surface area contributed by atoms with Crippen molar-refractivity contribution in [3.63, 3.8) is 0 Å². The van der Waals surface area contributed by atoms with Gasteiger partial charge in [-0.25, -0.2) is 0 Å². The van der Waals surface area contributed by atoms with Crippen molar-refractivity contribution in [3.05, 3.63) is 11.5 Å². The van der Waals surface area contributed by atoms with Gasteiger partial charge in [-0.15, -0.1) is 48.0 Å². The predicted molar refractivity (Wildman–Crippen MR) is 49.2 cm³/mol. The van der Waals surface area contributed by atoms with E-state index in [1.807, 2.05) is 0 Å². The van der Waals surface area contributed by atoms with Crippen LogP contribution in [-0.2, 0) is 0 Å². The topological polar surface area (TPSA) is 47.6 Å². The molecule has 0 aromatic carbocycles. The van der Waals surface area contributed by atoms with E-state index in [0.29, 0.717) is 0 Å². The summed E-state index contributed by atoms with van der Waals surface area (Å²) in [4.78, 5) is 0. The minimum atomic E-state index is 0. The van der Waals surface area contributed by atoms with E-state index in [4.69, 9.17) is 11.5 Å². The lowest BCUT2D eigenvalue weighted by Crippen LogP contribution is -1.70. The van der Waals surface area contributed by atoms with Crippen LogP contribution in [0.4, 0.5) is 0 Å². The van der Waals surface area contributed by atoms with E-state index in [1.165, 1.54) is 0 Å². The van der Waals surface area contributed by atoms with Gasteiger partial charge in [-0.05, 0) is 0 Å². The highest BCUT2D eigenvalue weighted by atomic mass is 127. The number of rotatable bonds is 1. The fourth-order valence-corrected chi connectivity index (χ4v) is 0. The molecule has 0 aliphatic heterocycles. The summed E-state index contributed by atoms with van der Waals surface area (Å²) >= 11 is 0. The van der Waals surface area contributed by atoms with Crippen molar-refractivity contribution < 1.29 is 0 Å². The number of halogens is 2. The molecule has 0 aliphatic carbocycles. The Morgan fingerprint density at radius 1 is 0.833 bits per heavy atom. The Bertz CT molecular complexity index is 11.5. The van der Waals surface area contributed by atoms with E-state index in [-0.39, 0.29) is 61.0 Å². The molecule has 0 rings (SSSR count). The second-order valence-corrected chi connectivity index (χ2v) is 0.500. The van der Waals surface area contributed by atoms with Crippen LogP contribution in [0.25, 0.3) is 11.5 Å². The van der Waals surface area contributed by atoms with Crippen molar-refractivity contribution in [2.75, 3.05) is 13.1 Å². The summed E-state index contributed by atoms with van der Waals surface area (Å²) in [5.41, 5.74) is 12.5. The van der Waals surface area contributed by atoms with Crippen molar-refractivity contribution in [1.29, 1.82) is 0 Å². The summed E-state index contributed by atoms with van der Waals surface area (Å²) in [5.74, 6) is 0. The van der Waals surface area contributed by atoms with E-state index < -0.39 is 0 Å². The fraction of sp³-hybridized carbons (Fsp3) is 1.00. The summed E-state index contributed by atoms with van der Waals surface area (Å²) < 4.78 is 0. The zero-order valence-electron chi connectivity index (χ0n) is 3.23. The van der Waals surface area contributed by atoms with Crippen molar-refractivity contribution in [2.45, 2.75) is 0 Å². The molecule has 0 bridgehead atoms. The molecule has 42 valence electrons. The van der Waals surface area contributed by atoms with Crippen LogP contribution in [0.3, 0.4) is 0 Å². The Labute approximate surface area is 72.1 Å². The minimum absolute atomic E-state index is 0. The lowest BCUT2D eigenvalue weighted by Gasteiger charge is -1.95. The van der Waals surface area contributed by atoms with Crippen molar-refractivity contribution in [3.8, 4) is 0 Å². The zero-order chi connectivity index (χ0) is 3.41. The van der Waals surface area contributed by atoms with Gasteiger partial charge >= 0.3 is 0 Å². The zero-order valence-corrected chi connectivity index (χ0v) is 7.89. The van der Waals surface area contributed by atoms with E-state index in [9.17, 15) is 0 Å².